The van der Waals surface area contributed by atoms with Gasteiger partial charge in [-0.1, -0.05) is 34.6 Å². The minimum atomic E-state index is -3.97. The van der Waals surface area contributed by atoms with Gasteiger partial charge in [0.15, 0.2) is 0 Å². The third-order valence-electron chi connectivity index (χ3n) is 3.53. The molecule has 0 spiro atoms. The summed E-state index contributed by atoms with van der Waals surface area (Å²) in [7, 11) is -3.97. The van der Waals surface area contributed by atoms with Crippen molar-refractivity contribution in [3.63, 3.8) is 0 Å². The predicted octanol–water partition coefficient (Wildman–Crippen LogP) is 2.82. The van der Waals surface area contributed by atoms with E-state index in [1.54, 1.807) is 11.8 Å². The van der Waals surface area contributed by atoms with Crippen LogP contribution in [-0.2, 0) is 10.1 Å². The molecule has 0 aromatic heterocycles. The molecule has 0 aliphatic heterocycles. The van der Waals surface area contributed by atoms with Crippen molar-refractivity contribution in [2.24, 2.45) is 11.3 Å². The maximum absolute atomic E-state index is 11.2. The van der Waals surface area contributed by atoms with Crippen LogP contribution in [-0.4, -0.2) is 40.9 Å². The second-order valence-corrected chi connectivity index (χ2v) is 9.65. The van der Waals surface area contributed by atoms with Crippen molar-refractivity contribution in [2.45, 2.75) is 52.2 Å². The molecule has 0 aliphatic rings. The highest BCUT2D eigenvalue weighted by molar-refractivity contribution is 8.00. The monoisotopic (exact) mass is 312 g/mol. The number of thioether (sulfide) groups is 1. The third kappa shape index (κ3) is 8.17. The zero-order valence-electron chi connectivity index (χ0n) is 12.6. The van der Waals surface area contributed by atoms with Crippen LogP contribution >= 0.6 is 11.8 Å². The molecule has 4 nitrogen and oxygen atoms in total. The van der Waals surface area contributed by atoms with E-state index in [1.165, 1.54) is 0 Å². The van der Waals surface area contributed by atoms with Gasteiger partial charge in [0.1, 0.15) is 0 Å². The van der Waals surface area contributed by atoms with E-state index >= 15 is 0 Å². The van der Waals surface area contributed by atoms with Gasteiger partial charge in [0.25, 0.3) is 10.1 Å². The summed E-state index contributed by atoms with van der Waals surface area (Å²) in [6, 6.07) is 0. The fraction of sp³-hybridized carbons (Fsp3) is 1.00. The summed E-state index contributed by atoms with van der Waals surface area (Å²) in [5.41, 5.74) is -0.455. The minimum absolute atomic E-state index is 0.0844. The predicted molar refractivity (Wildman–Crippen MR) is 82.2 cm³/mol. The lowest BCUT2D eigenvalue weighted by atomic mass is 9.74. The maximum atomic E-state index is 11.2. The first-order valence-electron chi connectivity index (χ1n) is 6.62. The molecule has 0 aromatic carbocycles. The Labute approximate surface area is 122 Å². The van der Waals surface area contributed by atoms with Crippen molar-refractivity contribution in [1.82, 2.24) is 0 Å². The molecule has 1 unspecified atom stereocenters. The summed E-state index contributed by atoms with van der Waals surface area (Å²) in [5.74, 6) is 0.803. The molecule has 0 aliphatic carbocycles. The van der Waals surface area contributed by atoms with Crippen LogP contribution in [0.15, 0.2) is 0 Å². The molecule has 0 bridgehead atoms. The van der Waals surface area contributed by atoms with Crippen molar-refractivity contribution in [3.05, 3.63) is 0 Å². The van der Waals surface area contributed by atoms with Crippen LogP contribution in [0.1, 0.15) is 47.5 Å². The molecule has 0 fully saturated rings. The number of aliphatic hydroxyl groups is 1. The summed E-state index contributed by atoms with van der Waals surface area (Å²) < 4.78 is 31.5. The number of hydrogen-bond donors (Lipinski definition) is 2. The quantitative estimate of drug-likeness (QED) is 0.506. The Morgan fingerprint density at radius 1 is 1.21 bits per heavy atom. The van der Waals surface area contributed by atoms with Crippen LogP contribution in [0, 0.1) is 11.3 Å². The van der Waals surface area contributed by atoms with E-state index in [0.29, 0.717) is 6.42 Å². The molecule has 2 N–H and O–H groups in total. The molecule has 19 heavy (non-hydrogen) atoms. The van der Waals surface area contributed by atoms with Crippen LogP contribution in [0.2, 0.25) is 0 Å². The molecule has 0 aromatic rings. The molecule has 0 saturated heterocycles. The summed E-state index contributed by atoms with van der Waals surface area (Å²) >= 11 is 1.74. The van der Waals surface area contributed by atoms with E-state index in [2.05, 4.69) is 13.8 Å². The van der Waals surface area contributed by atoms with Gasteiger partial charge in [-0.05, 0) is 29.9 Å². The van der Waals surface area contributed by atoms with Crippen molar-refractivity contribution in [1.29, 1.82) is 0 Å². The Balaban J connectivity index is 4.82. The number of aliphatic hydroxyl groups excluding tert-OH is 1. The zero-order valence-corrected chi connectivity index (χ0v) is 14.3. The number of hydrogen-bond acceptors (Lipinski definition) is 4. The molecule has 116 valence electrons. The Morgan fingerprint density at radius 2 is 1.74 bits per heavy atom. The molecular weight excluding hydrogens is 284 g/mol. The SMILES string of the molecule is CC(C)C(C)(CC(C)(C)SCCCO)CS(=O)(=O)O. The largest absolute Gasteiger partial charge is 0.396 e. The zero-order chi connectivity index (χ0) is 15.3. The summed E-state index contributed by atoms with van der Waals surface area (Å²) in [6.07, 6.45) is 1.44. The van der Waals surface area contributed by atoms with Gasteiger partial charge in [0.05, 0.1) is 5.75 Å². The van der Waals surface area contributed by atoms with Gasteiger partial charge in [-0.15, -0.1) is 0 Å². The average molecular weight is 312 g/mol. The van der Waals surface area contributed by atoms with Crippen LogP contribution in [0.5, 0.6) is 0 Å². The lowest BCUT2D eigenvalue weighted by Gasteiger charge is -2.39. The van der Waals surface area contributed by atoms with E-state index in [0.717, 1.165) is 12.2 Å². The van der Waals surface area contributed by atoms with Crippen molar-refractivity contribution in [3.8, 4) is 0 Å². The Morgan fingerprint density at radius 3 is 2.11 bits per heavy atom. The maximum Gasteiger partial charge on any atom is 0.265 e. The second-order valence-electron chi connectivity index (χ2n) is 6.40. The van der Waals surface area contributed by atoms with Gasteiger partial charge in [0, 0.05) is 11.4 Å². The standard InChI is InChI=1S/C13H28O4S2/c1-11(2)13(5,10-19(15,16)17)9-12(3,4)18-8-6-7-14/h11,14H,6-10H2,1-5H3,(H,15,16,17). The Bertz CT molecular complexity index is 363. The molecule has 0 radical (unpaired) electrons. The molecule has 1 atom stereocenters. The lowest BCUT2D eigenvalue weighted by Crippen LogP contribution is -2.38. The average Bonchev–Trinajstić information content (AvgIpc) is 2.13. The molecular formula is C13H28O4S2. The van der Waals surface area contributed by atoms with E-state index in [1.807, 2.05) is 20.8 Å². The molecule has 0 rings (SSSR count). The van der Waals surface area contributed by atoms with Crippen molar-refractivity contribution >= 4 is 21.9 Å². The highest BCUT2D eigenvalue weighted by Crippen LogP contribution is 2.42. The highest BCUT2D eigenvalue weighted by Gasteiger charge is 2.38. The highest BCUT2D eigenvalue weighted by atomic mass is 32.2. The van der Waals surface area contributed by atoms with E-state index in [4.69, 9.17) is 9.66 Å². The molecule has 0 saturated carbocycles. The van der Waals surface area contributed by atoms with Gasteiger partial charge in [0.2, 0.25) is 0 Å². The lowest BCUT2D eigenvalue weighted by molar-refractivity contribution is 0.209. The first-order chi connectivity index (χ1) is 8.42. The van der Waals surface area contributed by atoms with Gasteiger partial charge in [-0.25, -0.2) is 0 Å². The molecule has 0 amide bonds. The fourth-order valence-corrected chi connectivity index (χ4v) is 4.80. The fourth-order valence-electron chi connectivity index (χ4n) is 2.28. The Hall–Kier alpha value is 0.220. The van der Waals surface area contributed by atoms with Crippen LogP contribution in [0.3, 0.4) is 0 Å². The smallest absolute Gasteiger partial charge is 0.265 e. The minimum Gasteiger partial charge on any atom is -0.396 e. The van der Waals surface area contributed by atoms with Crippen LogP contribution < -0.4 is 0 Å². The van der Waals surface area contributed by atoms with Gasteiger partial charge in [-0.3, -0.25) is 4.55 Å². The normalized spacial score (nSPS) is 16.6. The van der Waals surface area contributed by atoms with Gasteiger partial charge >= 0.3 is 0 Å². The van der Waals surface area contributed by atoms with Crippen LogP contribution in [0.4, 0.5) is 0 Å². The third-order valence-corrected chi connectivity index (χ3v) is 5.97. The molecule has 6 heteroatoms. The first-order valence-corrected chi connectivity index (χ1v) is 9.21. The van der Waals surface area contributed by atoms with E-state index < -0.39 is 15.5 Å². The van der Waals surface area contributed by atoms with Gasteiger partial charge in [-0.2, -0.15) is 20.2 Å². The topological polar surface area (TPSA) is 74.6 Å². The summed E-state index contributed by atoms with van der Waals surface area (Å²) in [5, 5.41) is 8.81. The second kappa shape index (κ2) is 7.29. The number of rotatable bonds is 9. The first kappa shape index (κ1) is 19.2. The summed E-state index contributed by atoms with van der Waals surface area (Å²) in [4.78, 5) is 0. The summed E-state index contributed by atoms with van der Waals surface area (Å²) in [6.45, 7) is 10.2. The van der Waals surface area contributed by atoms with E-state index in [-0.39, 0.29) is 23.0 Å². The van der Waals surface area contributed by atoms with Gasteiger partial charge < -0.3 is 5.11 Å². The van der Waals surface area contributed by atoms with Crippen molar-refractivity contribution in [2.75, 3.05) is 18.1 Å². The van der Waals surface area contributed by atoms with Crippen molar-refractivity contribution < 1.29 is 18.1 Å². The van der Waals surface area contributed by atoms with E-state index in [9.17, 15) is 8.42 Å². The molecule has 0 heterocycles. The Kier molecular flexibility index (Phi) is 7.38. The van der Waals surface area contributed by atoms with Crippen LogP contribution in [0.25, 0.3) is 0 Å².